The Hall–Kier alpha value is -4.06. The van der Waals surface area contributed by atoms with E-state index in [0.717, 1.165) is 5.56 Å². The number of hydrogen-bond donors (Lipinski definition) is 0. The van der Waals surface area contributed by atoms with Crippen LogP contribution in [0, 0.1) is 6.92 Å². The maximum absolute atomic E-state index is 12.6. The first-order valence-corrected chi connectivity index (χ1v) is 9.58. The minimum atomic E-state index is -0.471. The summed E-state index contributed by atoms with van der Waals surface area (Å²) in [5.74, 6) is 1.20. The molecule has 31 heavy (non-hydrogen) atoms. The quantitative estimate of drug-likeness (QED) is 0.336. The van der Waals surface area contributed by atoms with Gasteiger partial charge in [-0.1, -0.05) is 24.3 Å². The summed E-state index contributed by atoms with van der Waals surface area (Å²) in [5.41, 5.74) is 2.44. The van der Waals surface area contributed by atoms with Crippen LogP contribution in [0.5, 0.6) is 23.0 Å². The van der Waals surface area contributed by atoms with Gasteiger partial charge in [0, 0.05) is 6.07 Å². The van der Waals surface area contributed by atoms with Crippen molar-refractivity contribution in [1.29, 1.82) is 0 Å². The van der Waals surface area contributed by atoms with Crippen molar-refractivity contribution in [3.8, 4) is 23.0 Å². The van der Waals surface area contributed by atoms with E-state index >= 15 is 0 Å². The summed E-state index contributed by atoms with van der Waals surface area (Å²) in [6.45, 7) is 1.84. The maximum Gasteiger partial charge on any atom is 0.343 e. The van der Waals surface area contributed by atoms with E-state index in [-0.39, 0.29) is 17.3 Å². The SMILES string of the molecule is COc1ccc2c(c1)O/C(=C\c1ccc(OC(=O)c3ccccc3C)c(OC)c1)C2=O. The molecular formula is C25H20O6. The number of fused-ring (bicyclic) bond motifs is 1. The molecule has 3 aromatic rings. The van der Waals surface area contributed by atoms with Gasteiger partial charge in [0.1, 0.15) is 11.5 Å². The van der Waals surface area contributed by atoms with Crippen molar-refractivity contribution in [3.63, 3.8) is 0 Å². The molecule has 0 amide bonds. The normalized spacial score (nSPS) is 13.5. The van der Waals surface area contributed by atoms with Gasteiger partial charge >= 0.3 is 5.97 Å². The lowest BCUT2D eigenvalue weighted by Gasteiger charge is -2.11. The maximum atomic E-state index is 12.6. The highest BCUT2D eigenvalue weighted by molar-refractivity contribution is 6.14. The number of Topliss-reactive ketones (excluding diaryl/α,β-unsaturated/α-hetero) is 1. The largest absolute Gasteiger partial charge is 0.497 e. The minimum absolute atomic E-state index is 0.190. The number of hydrogen-bond acceptors (Lipinski definition) is 6. The fourth-order valence-electron chi connectivity index (χ4n) is 3.26. The lowest BCUT2D eigenvalue weighted by atomic mass is 10.1. The Bertz CT molecular complexity index is 1210. The van der Waals surface area contributed by atoms with Gasteiger partial charge in [-0.05, 0) is 54.5 Å². The number of ketones is 1. The first-order valence-electron chi connectivity index (χ1n) is 9.58. The molecule has 0 aliphatic carbocycles. The van der Waals surface area contributed by atoms with Crippen molar-refractivity contribution >= 4 is 17.8 Å². The summed E-state index contributed by atoms with van der Waals surface area (Å²) in [5, 5.41) is 0. The molecule has 0 aromatic heterocycles. The van der Waals surface area contributed by atoms with Crippen LogP contribution in [0.3, 0.4) is 0 Å². The third-order valence-corrected chi connectivity index (χ3v) is 4.93. The lowest BCUT2D eigenvalue weighted by molar-refractivity contribution is 0.0728. The van der Waals surface area contributed by atoms with E-state index in [1.165, 1.54) is 7.11 Å². The van der Waals surface area contributed by atoms with Crippen molar-refractivity contribution in [2.45, 2.75) is 6.92 Å². The molecule has 6 nitrogen and oxygen atoms in total. The molecule has 4 rings (SSSR count). The van der Waals surface area contributed by atoms with E-state index < -0.39 is 5.97 Å². The Morgan fingerprint density at radius 2 is 1.74 bits per heavy atom. The van der Waals surface area contributed by atoms with Gasteiger partial charge in [-0.25, -0.2) is 4.79 Å². The highest BCUT2D eigenvalue weighted by Gasteiger charge is 2.27. The second-order valence-electron chi connectivity index (χ2n) is 6.92. The number of esters is 1. The van der Waals surface area contributed by atoms with E-state index in [1.807, 2.05) is 19.1 Å². The van der Waals surface area contributed by atoms with Gasteiger partial charge in [0.15, 0.2) is 17.3 Å². The number of benzene rings is 3. The first-order chi connectivity index (χ1) is 15.0. The molecule has 0 saturated heterocycles. The fourth-order valence-corrected chi connectivity index (χ4v) is 3.26. The zero-order valence-electron chi connectivity index (χ0n) is 17.3. The zero-order chi connectivity index (χ0) is 22.0. The molecule has 1 aliphatic heterocycles. The third-order valence-electron chi connectivity index (χ3n) is 4.93. The Balaban J connectivity index is 1.58. The first kappa shape index (κ1) is 20.2. The van der Waals surface area contributed by atoms with Crippen molar-refractivity contribution < 1.29 is 28.5 Å². The summed E-state index contributed by atoms with van der Waals surface area (Å²) in [6.07, 6.45) is 1.62. The van der Waals surface area contributed by atoms with Crippen LogP contribution in [-0.2, 0) is 0 Å². The molecule has 3 aromatic carbocycles. The molecule has 0 unspecified atom stereocenters. The molecule has 0 spiro atoms. The molecule has 0 radical (unpaired) electrons. The predicted octanol–water partition coefficient (Wildman–Crippen LogP) is 4.85. The number of carbonyl (C=O) groups is 2. The Morgan fingerprint density at radius 3 is 2.48 bits per heavy atom. The molecule has 1 aliphatic rings. The molecular weight excluding hydrogens is 396 g/mol. The number of ether oxygens (including phenoxy) is 4. The highest BCUT2D eigenvalue weighted by atomic mass is 16.6. The van der Waals surface area contributed by atoms with Gasteiger partial charge in [-0.3, -0.25) is 4.79 Å². The fraction of sp³-hybridized carbons (Fsp3) is 0.120. The van der Waals surface area contributed by atoms with Gasteiger partial charge in [-0.2, -0.15) is 0 Å². The van der Waals surface area contributed by atoms with Crippen LogP contribution < -0.4 is 18.9 Å². The average Bonchev–Trinajstić information content (AvgIpc) is 3.09. The second kappa shape index (κ2) is 8.36. The molecule has 0 atom stereocenters. The van der Waals surface area contributed by atoms with E-state index in [4.69, 9.17) is 18.9 Å². The Kier molecular flexibility index (Phi) is 5.45. The molecule has 6 heteroatoms. The number of allylic oxidation sites excluding steroid dienone is 1. The third kappa shape index (κ3) is 4.00. The van der Waals surface area contributed by atoms with Crippen LogP contribution >= 0.6 is 0 Å². The monoisotopic (exact) mass is 416 g/mol. The molecule has 0 N–H and O–H groups in total. The number of rotatable bonds is 5. The predicted molar refractivity (Wildman–Crippen MR) is 115 cm³/mol. The van der Waals surface area contributed by atoms with Crippen molar-refractivity contribution in [2.24, 2.45) is 0 Å². The van der Waals surface area contributed by atoms with Crippen molar-refractivity contribution in [3.05, 3.63) is 88.7 Å². The smallest absolute Gasteiger partial charge is 0.343 e. The zero-order valence-corrected chi connectivity index (χ0v) is 17.3. The van der Waals surface area contributed by atoms with Gasteiger partial charge < -0.3 is 18.9 Å². The summed E-state index contributed by atoms with van der Waals surface area (Å²) in [7, 11) is 3.03. The lowest BCUT2D eigenvalue weighted by Crippen LogP contribution is -2.10. The molecule has 1 heterocycles. The van der Waals surface area contributed by atoms with Crippen LogP contribution in [-0.4, -0.2) is 26.0 Å². The molecule has 0 saturated carbocycles. The highest BCUT2D eigenvalue weighted by Crippen LogP contribution is 2.36. The van der Waals surface area contributed by atoms with Crippen LogP contribution in [0.2, 0.25) is 0 Å². The van der Waals surface area contributed by atoms with Crippen molar-refractivity contribution in [1.82, 2.24) is 0 Å². The molecule has 0 fully saturated rings. The van der Waals surface area contributed by atoms with Gasteiger partial charge in [0.05, 0.1) is 25.3 Å². The van der Waals surface area contributed by atoms with Crippen LogP contribution in [0.4, 0.5) is 0 Å². The molecule has 0 bridgehead atoms. The number of carbonyl (C=O) groups excluding carboxylic acids is 2. The Morgan fingerprint density at radius 1 is 0.935 bits per heavy atom. The Labute approximate surface area is 179 Å². The summed E-state index contributed by atoms with van der Waals surface area (Å²) < 4.78 is 21.8. The van der Waals surface area contributed by atoms with E-state index in [9.17, 15) is 9.59 Å². The average molecular weight is 416 g/mol. The number of methoxy groups -OCH3 is 2. The van der Waals surface area contributed by atoms with Crippen molar-refractivity contribution in [2.75, 3.05) is 14.2 Å². The second-order valence-corrected chi connectivity index (χ2v) is 6.92. The van der Waals surface area contributed by atoms with Gasteiger partial charge in [0.25, 0.3) is 0 Å². The summed E-state index contributed by atoms with van der Waals surface area (Å²) in [6, 6.07) is 17.3. The summed E-state index contributed by atoms with van der Waals surface area (Å²) in [4.78, 5) is 25.1. The molecule has 156 valence electrons. The minimum Gasteiger partial charge on any atom is -0.497 e. The van der Waals surface area contributed by atoms with Gasteiger partial charge in [0.2, 0.25) is 5.78 Å². The van der Waals surface area contributed by atoms with E-state index in [1.54, 1.807) is 61.7 Å². The standard InChI is InChI=1S/C25H20O6/c1-15-6-4-5-7-18(15)25(27)31-20-11-8-16(12-22(20)29-3)13-23-24(26)19-10-9-17(28-2)14-21(19)30-23/h4-14H,1-3H3/b23-13-. The number of aryl methyl sites for hydroxylation is 1. The van der Waals surface area contributed by atoms with E-state index in [2.05, 4.69) is 0 Å². The van der Waals surface area contributed by atoms with Crippen LogP contribution in [0.25, 0.3) is 6.08 Å². The van der Waals surface area contributed by atoms with Gasteiger partial charge in [-0.15, -0.1) is 0 Å². The summed E-state index contributed by atoms with van der Waals surface area (Å²) >= 11 is 0. The van der Waals surface area contributed by atoms with Crippen LogP contribution in [0.1, 0.15) is 31.8 Å². The topological polar surface area (TPSA) is 71.1 Å². The van der Waals surface area contributed by atoms with Crippen LogP contribution in [0.15, 0.2) is 66.4 Å². The van der Waals surface area contributed by atoms with E-state index in [0.29, 0.717) is 33.9 Å².